The van der Waals surface area contributed by atoms with Gasteiger partial charge in [0.2, 0.25) is 0 Å². The lowest BCUT2D eigenvalue weighted by atomic mass is 10.1. The third kappa shape index (κ3) is 7.23. The Morgan fingerprint density at radius 3 is 2.55 bits per heavy atom. The Kier molecular flexibility index (Phi) is 8.21. The molecule has 2 aromatic rings. The summed E-state index contributed by atoms with van der Waals surface area (Å²) in [5, 5.41) is 10.4. The Bertz CT molecular complexity index is 910. The molecule has 0 saturated carbocycles. The van der Waals surface area contributed by atoms with Crippen LogP contribution < -0.4 is 16.1 Å². The third-order valence-electron chi connectivity index (χ3n) is 4.26. The van der Waals surface area contributed by atoms with E-state index in [0.29, 0.717) is 23.0 Å². The average molecular weight is 415 g/mol. The number of nitrogens with zero attached hydrogens (tertiary/aromatic N) is 1. The normalized spacial score (nSPS) is 11.0. The molecule has 0 aliphatic rings. The molecule has 29 heavy (non-hydrogen) atoms. The fraction of sp³-hybridized carbons (Fsp3) is 0.318. The van der Waals surface area contributed by atoms with Crippen LogP contribution >= 0.6 is 11.6 Å². The van der Waals surface area contributed by atoms with Crippen LogP contribution in [0, 0.1) is 19.8 Å². The minimum atomic E-state index is -0.809. The molecule has 0 heterocycles. The van der Waals surface area contributed by atoms with E-state index >= 15 is 0 Å². The van der Waals surface area contributed by atoms with Gasteiger partial charge in [-0.15, -0.1) is 0 Å². The highest BCUT2D eigenvalue weighted by Gasteiger charge is 2.12. The second kappa shape index (κ2) is 10.6. The summed E-state index contributed by atoms with van der Waals surface area (Å²) in [6.45, 7) is 8.59. The van der Waals surface area contributed by atoms with Gasteiger partial charge in [0.25, 0.3) is 0 Å². The Balaban J connectivity index is 2.06. The molecule has 0 atom stereocenters. The molecule has 0 saturated heterocycles. The highest BCUT2D eigenvalue weighted by Crippen LogP contribution is 2.26. The second-order valence-electron chi connectivity index (χ2n) is 7.31. The molecule has 2 rings (SSSR count). The van der Waals surface area contributed by atoms with E-state index in [1.165, 1.54) is 6.21 Å². The van der Waals surface area contributed by atoms with Crippen LogP contribution in [-0.4, -0.2) is 24.6 Å². The molecule has 6 nitrogen and oxygen atoms in total. The molecule has 0 bridgehead atoms. The number of benzene rings is 2. The van der Waals surface area contributed by atoms with Crippen LogP contribution in [0.5, 0.6) is 0 Å². The van der Waals surface area contributed by atoms with E-state index in [1.54, 1.807) is 12.1 Å². The number of carbonyl (C=O) groups excluding carboxylic acids is 2. The molecule has 0 fully saturated rings. The number of aryl methyl sites for hydroxylation is 2. The van der Waals surface area contributed by atoms with Crippen molar-refractivity contribution in [3.8, 4) is 0 Å². The molecule has 0 aromatic heterocycles. The number of hydrogen-bond acceptors (Lipinski definition) is 4. The lowest BCUT2D eigenvalue weighted by Crippen LogP contribution is -2.38. The largest absolute Gasteiger partial charge is 0.355 e. The highest BCUT2D eigenvalue weighted by atomic mass is 35.5. The zero-order valence-corrected chi connectivity index (χ0v) is 17.9. The predicted octanol–water partition coefficient (Wildman–Crippen LogP) is 4.31. The van der Waals surface area contributed by atoms with E-state index in [1.807, 2.05) is 52.0 Å². The van der Waals surface area contributed by atoms with Gasteiger partial charge < -0.3 is 10.6 Å². The molecular formula is C22H27ClN4O2. The molecule has 7 heteroatoms. The van der Waals surface area contributed by atoms with Crippen LogP contribution in [0.3, 0.4) is 0 Å². The monoisotopic (exact) mass is 414 g/mol. The Morgan fingerprint density at radius 2 is 1.83 bits per heavy atom. The first-order valence-electron chi connectivity index (χ1n) is 9.51. The molecule has 3 N–H and O–H groups in total. The van der Waals surface area contributed by atoms with E-state index in [-0.39, 0.29) is 0 Å². The Hall–Kier alpha value is -2.86. The molecule has 2 aromatic carbocycles. The van der Waals surface area contributed by atoms with Crippen molar-refractivity contribution >= 4 is 41.0 Å². The van der Waals surface area contributed by atoms with Gasteiger partial charge in [-0.3, -0.25) is 9.59 Å². The smallest absolute Gasteiger partial charge is 0.329 e. The number of hydrazone groups is 1. The molecule has 0 aliphatic carbocycles. The van der Waals surface area contributed by atoms with E-state index in [4.69, 9.17) is 11.6 Å². The molecule has 2 amide bonds. The van der Waals surface area contributed by atoms with E-state index in [9.17, 15) is 9.59 Å². The lowest BCUT2D eigenvalue weighted by molar-refractivity contribution is -0.139. The van der Waals surface area contributed by atoms with Crippen molar-refractivity contribution < 1.29 is 9.59 Å². The van der Waals surface area contributed by atoms with Crippen molar-refractivity contribution in [2.45, 2.75) is 34.1 Å². The van der Waals surface area contributed by atoms with Crippen LogP contribution in [0.1, 0.15) is 37.0 Å². The summed E-state index contributed by atoms with van der Waals surface area (Å²) >= 11 is 6.11. The number of halogens is 1. The fourth-order valence-electron chi connectivity index (χ4n) is 2.54. The van der Waals surface area contributed by atoms with Crippen molar-refractivity contribution in [2.24, 2.45) is 11.0 Å². The van der Waals surface area contributed by atoms with Crippen LogP contribution in [0.2, 0.25) is 5.02 Å². The van der Waals surface area contributed by atoms with Crippen molar-refractivity contribution in [2.75, 3.05) is 11.9 Å². The summed E-state index contributed by atoms with van der Waals surface area (Å²) in [6, 6.07) is 11.5. The molecule has 0 radical (unpaired) electrons. The van der Waals surface area contributed by atoms with Gasteiger partial charge in [0.15, 0.2) is 0 Å². The number of amides is 2. The number of nitrogens with one attached hydrogen (secondary N) is 3. The van der Waals surface area contributed by atoms with Gasteiger partial charge in [0.05, 0.1) is 6.21 Å². The summed E-state index contributed by atoms with van der Waals surface area (Å²) in [4.78, 5) is 23.6. The van der Waals surface area contributed by atoms with E-state index < -0.39 is 11.8 Å². The molecule has 154 valence electrons. The number of rotatable bonds is 7. The summed E-state index contributed by atoms with van der Waals surface area (Å²) < 4.78 is 0. The first-order valence-corrected chi connectivity index (χ1v) is 9.89. The molecule has 0 aliphatic heterocycles. The van der Waals surface area contributed by atoms with Gasteiger partial charge in [-0.1, -0.05) is 37.6 Å². The van der Waals surface area contributed by atoms with Crippen LogP contribution in [0.15, 0.2) is 41.5 Å². The van der Waals surface area contributed by atoms with E-state index in [2.05, 4.69) is 21.2 Å². The summed E-state index contributed by atoms with van der Waals surface area (Å²) in [5.41, 5.74) is 6.91. The maximum Gasteiger partial charge on any atom is 0.329 e. The minimum absolute atomic E-state index is 0.446. The summed E-state index contributed by atoms with van der Waals surface area (Å²) in [6.07, 6.45) is 2.26. The maximum absolute atomic E-state index is 11.9. The van der Waals surface area contributed by atoms with Crippen LogP contribution in [0.4, 0.5) is 11.4 Å². The Labute approximate surface area is 176 Å². The molecule has 0 unspecified atom stereocenters. The van der Waals surface area contributed by atoms with Crippen molar-refractivity contribution in [3.63, 3.8) is 0 Å². The van der Waals surface area contributed by atoms with Crippen LogP contribution in [0.25, 0.3) is 0 Å². The number of hydrogen-bond donors (Lipinski definition) is 3. The van der Waals surface area contributed by atoms with Crippen molar-refractivity contribution in [3.05, 3.63) is 58.1 Å². The fourth-order valence-corrected chi connectivity index (χ4v) is 2.72. The lowest BCUT2D eigenvalue weighted by Gasteiger charge is -2.13. The van der Waals surface area contributed by atoms with Gasteiger partial charge in [-0.05, 0) is 61.6 Å². The van der Waals surface area contributed by atoms with Crippen LogP contribution in [-0.2, 0) is 9.59 Å². The zero-order valence-electron chi connectivity index (χ0n) is 17.2. The first kappa shape index (κ1) is 22.4. The topological polar surface area (TPSA) is 82.6 Å². The number of carbonyl (C=O) groups is 2. The SMILES string of the molecule is Cc1ccc(C)c(Nc2ccc(Cl)cc2/C=N\NC(=O)C(=O)NCCC(C)C)c1. The predicted molar refractivity (Wildman–Crippen MR) is 119 cm³/mol. The first-order chi connectivity index (χ1) is 13.8. The summed E-state index contributed by atoms with van der Waals surface area (Å²) in [5.74, 6) is -1.07. The average Bonchev–Trinajstić information content (AvgIpc) is 2.66. The Morgan fingerprint density at radius 1 is 1.07 bits per heavy atom. The zero-order chi connectivity index (χ0) is 21.4. The van der Waals surface area contributed by atoms with Gasteiger partial charge in [0, 0.05) is 28.5 Å². The second-order valence-corrected chi connectivity index (χ2v) is 7.75. The molecule has 0 spiro atoms. The quantitative estimate of drug-likeness (QED) is 0.358. The maximum atomic E-state index is 11.9. The van der Waals surface area contributed by atoms with Crippen molar-refractivity contribution in [1.29, 1.82) is 0 Å². The summed E-state index contributed by atoms with van der Waals surface area (Å²) in [7, 11) is 0. The molecular weight excluding hydrogens is 388 g/mol. The highest BCUT2D eigenvalue weighted by molar-refractivity contribution is 6.35. The van der Waals surface area contributed by atoms with Gasteiger partial charge in [0.1, 0.15) is 0 Å². The van der Waals surface area contributed by atoms with E-state index in [0.717, 1.165) is 28.9 Å². The standard InChI is InChI=1S/C22H27ClN4O2/c1-14(2)9-10-24-21(28)22(29)27-25-13-17-12-18(23)7-8-19(17)26-20-11-15(3)5-6-16(20)4/h5-8,11-14,26H,9-10H2,1-4H3,(H,24,28)(H,27,29)/b25-13-. The van der Waals surface area contributed by atoms with Gasteiger partial charge >= 0.3 is 11.8 Å². The van der Waals surface area contributed by atoms with Gasteiger partial charge in [-0.2, -0.15) is 5.10 Å². The van der Waals surface area contributed by atoms with Gasteiger partial charge in [-0.25, -0.2) is 5.43 Å². The van der Waals surface area contributed by atoms with Crippen molar-refractivity contribution in [1.82, 2.24) is 10.7 Å². The minimum Gasteiger partial charge on any atom is -0.355 e. The number of anilines is 2. The third-order valence-corrected chi connectivity index (χ3v) is 4.49.